The van der Waals surface area contributed by atoms with Gasteiger partial charge in [0.15, 0.2) is 3.67 Å². The molecule has 0 radical (unpaired) electrons. The highest BCUT2D eigenvalue weighted by molar-refractivity contribution is 14.1. The fourth-order valence-electron chi connectivity index (χ4n) is 1.23. The molecular formula is C9H9FIN3. The van der Waals surface area contributed by atoms with Crippen LogP contribution in [0.1, 0.15) is 0 Å². The summed E-state index contributed by atoms with van der Waals surface area (Å²) in [6.07, 6.45) is 3.48. The number of hydrazine groups is 1. The molecule has 14 heavy (non-hydrogen) atoms. The van der Waals surface area contributed by atoms with Crippen molar-refractivity contribution in [2.75, 3.05) is 5.01 Å². The van der Waals surface area contributed by atoms with Crippen LogP contribution in [0.25, 0.3) is 0 Å². The molecule has 1 heterocycles. The van der Waals surface area contributed by atoms with E-state index in [2.05, 4.69) is 5.43 Å². The van der Waals surface area contributed by atoms with Crippen LogP contribution in [0.5, 0.6) is 0 Å². The van der Waals surface area contributed by atoms with E-state index < -0.39 is 3.67 Å². The maximum Gasteiger partial charge on any atom is 0.157 e. The molecule has 1 aliphatic heterocycles. The molecule has 0 amide bonds. The quantitative estimate of drug-likeness (QED) is 0.471. The lowest BCUT2D eigenvalue weighted by atomic mass is 10.3. The summed E-state index contributed by atoms with van der Waals surface area (Å²) in [5, 5.41) is 1.57. The predicted octanol–water partition coefficient (Wildman–Crippen LogP) is 1.71. The van der Waals surface area contributed by atoms with Gasteiger partial charge in [-0.05, 0) is 40.8 Å². The molecule has 0 saturated carbocycles. The molecule has 74 valence electrons. The Kier molecular flexibility index (Phi) is 2.46. The number of hydrogen-bond donors (Lipinski definition) is 2. The number of nitrogens with zero attached hydrogens (tertiary/aromatic N) is 1. The van der Waals surface area contributed by atoms with E-state index in [0.717, 1.165) is 0 Å². The summed E-state index contributed by atoms with van der Waals surface area (Å²) in [7, 11) is 0. The fraction of sp³-hybridized carbons (Fsp3) is 0.111. The van der Waals surface area contributed by atoms with E-state index >= 15 is 0 Å². The summed E-state index contributed by atoms with van der Waals surface area (Å²) in [4.78, 5) is 0. The molecule has 0 saturated heterocycles. The maximum atomic E-state index is 13.3. The maximum absolute atomic E-state index is 13.3. The van der Waals surface area contributed by atoms with Crippen molar-refractivity contribution in [2.24, 2.45) is 5.73 Å². The van der Waals surface area contributed by atoms with Crippen LogP contribution in [0, 0.1) is 5.82 Å². The average molecular weight is 305 g/mol. The third kappa shape index (κ3) is 1.89. The molecule has 1 aliphatic rings. The van der Waals surface area contributed by atoms with Gasteiger partial charge in [0.2, 0.25) is 0 Å². The fourth-order valence-corrected chi connectivity index (χ4v) is 1.65. The Hall–Kier alpha value is -0.660. The Bertz CT molecular complexity index is 378. The number of para-hydroxylation sites is 1. The number of nitrogens with one attached hydrogen (secondary N) is 1. The average Bonchev–Trinajstić information content (AvgIpc) is 2.47. The first kappa shape index (κ1) is 9.88. The van der Waals surface area contributed by atoms with Crippen molar-refractivity contribution in [2.45, 2.75) is 3.67 Å². The molecular weight excluding hydrogens is 296 g/mol. The van der Waals surface area contributed by atoms with Gasteiger partial charge >= 0.3 is 0 Å². The van der Waals surface area contributed by atoms with Crippen LogP contribution in [0.4, 0.5) is 10.1 Å². The summed E-state index contributed by atoms with van der Waals surface area (Å²) < 4.78 is 12.7. The second-order valence-corrected chi connectivity index (χ2v) is 4.80. The zero-order valence-corrected chi connectivity index (χ0v) is 9.40. The molecule has 0 aromatic heterocycles. The lowest BCUT2D eigenvalue weighted by molar-refractivity contribution is 0.595. The minimum atomic E-state index is -0.639. The molecule has 0 bridgehead atoms. The summed E-state index contributed by atoms with van der Waals surface area (Å²) >= 11 is 2.04. The summed E-state index contributed by atoms with van der Waals surface area (Å²) in [5.74, 6) is -0.279. The Labute approximate surface area is 94.9 Å². The minimum absolute atomic E-state index is 0.279. The third-order valence-corrected chi connectivity index (χ3v) is 2.47. The van der Waals surface area contributed by atoms with Crippen molar-refractivity contribution in [1.82, 2.24) is 5.43 Å². The first-order chi connectivity index (χ1) is 6.58. The van der Waals surface area contributed by atoms with Crippen LogP contribution in [-0.2, 0) is 0 Å². The van der Waals surface area contributed by atoms with E-state index in [1.54, 1.807) is 35.5 Å². The summed E-state index contributed by atoms with van der Waals surface area (Å²) in [6, 6.07) is 6.52. The van der Waals surface area contributed by atoms with E-state index in [9.17, 15) is 4.39 Å². The Morgan fingerprint density at radius 2 is 2.14 bits per heavy atom. The minimum Gasteiger partial charge on any atom is -0.300 e. The molecule has 0 aliphatic carbocycles. The first-order valence-corrected chi connectivity index (χ1v) is 5.15. The van der Waals surface area contributed by atoms with Gasteiger partial charge in [0.05, 0.1) is 5.69 Å². The Balaban J connectivity index is 2.27. The molecule has 3 N–H and O–H groups in total. The molecule has 2 rings (SSSR count). The second-order valence-electron chi connectivity index (χ2n) is 3.02. The predicted molar refractivity (Wildman–Crippen MR) is 62.1 cm³/mol. The number of nitrogens with two attached hydrogens (primary N) is 1. The van der Waals surface area contributed by atoms with Crippen LogP contribution < -0.4 is 16.2 Å². The lowest BCUT2D eigenvalue weighted by Crippen LogP contribution is -2.48. The molecule has 5 heteroatoms. The monoisotopic (exact) mass is 305 g/mol. The van der Waals surface area contributed by atoms with Gasteiger partial charge in [-0.2, -0.15) is 5.43 Å². The van der Waals surface area contributed by atoms with E-state index in [1.807, 2.05) is 22.6 Å². The van der Waals surface area contributed by atoms with Gasteiger partial charge in [-0.15, -0.1) is 0 Å². The van der Waals surface area contributed by atoms with E-state index in [1.165, 1.54) is 6.07 Å². The number of benzene rings is 1. The van der Waals surface area contributed by atoms with E-state index in [0.29, 0.717) is 5.69 Å². The summed E-state index contributed by atoms with van der Waals surface area (Å²) in [5.41, 5.74) is 9.18. The smallest absolute Gasteiger partial charge is 0.157 e. The van der Waals surface area contributed by atoms with Crippen molar-refractivity contribution < 1.29 is 4.39 Å². The van der Waals surface area contributed by atoms with Crippen LogP contribution >= 0.6 is 22.6 Å². The highest BCUT2D eigenvalue weighted by atomic mass is 127. The van der Waals surface area contributed by atoms with Crippen LogP contribution in [0.3, 0.4) is 0 Å². The van der Waals surface area contributed by atoms with Crippen molar-refractivity contribution in [3.05, 3.63) is 42.4 Å². The molecule has 0 spiro atoms. The SMILES string of the molecule is NC1(I)C=CN(c2ccccc2F)N1. The highest BCUT2D eigenvalue weighted by Crippen LogP contribution is 2.24. The van der Waals surface area contributed by atoms with Gasteiger partial charge in [0, 0.05) is 6.20 Å². The van der Waals surface area contributed by atoms with Crippen LogP contribution in [0.2, 0.25) is 0 Å². The van der Waals surface area contributed by atoms with Crippen molar-refractivity contribution in [3.8, 4) is 0 Å². The largest absolute Gasteiger partial charge is 0.300 e. The molecule has 0 fully saturated rings. The standard InChI is InChI=1S/C9H9FIN3/c10-7-3-1-2-4-8(7)14-6-5-9(11,12)13-14/h1-6,13H,12H2. The second kappa shape index (κ2) is 3.48. The molecule has 1 unspecified atom stereocenters. The van der Waals surface area contributed by atoms with Crippen molar-refractivity contribution in [1.29, 1.82) is 0 Å². The molecule has 1 aromatic carbocycles. The van der Waals surface area contributed by atoms with Crippen molar-refractivity contribution >= 4 is 28.3 Å². The molecule has 3 nitrogen and oxygen atoms in total. The number of hydrogen-bond acceptors (Lipinski definition) is 3. The number of halogens is 2. The van der Waals surface area contributed by atoms with Gasteiger partial charge in [-0.1, -0.05) is 12.1 Å². The number of rotatable bonds is 1. The topological polar surface area (TPSA) is 41.3 Å². The van der Waals surface area contributed by atoms with Gasteiger partial charge in [-0.25, -0.2) is 4.39 Å². The van der Waals surface area contributed by atoms with E-state index in [4.69, 9.17) is 5.73 Å². The normalized spacial score (nSPS) is 25.8. The van der Waals surface area contributed by atoms with Crippen LogP contribution in [0.15, 0.2) is 36.5 Å². The zero-order valence-electron chi connectivity index (χ0n) is 7.24. The highest BCUT2D eigenvalue weighted by Gasteiger charge is 2.26. The van der Waals surface area contributed by atoms with Crippen LogP contribution in [-0.4, -0.2) is 3.67 Å². The Morgan fingerprint density at radius 3 is 2.71 bits per heavy atom. The van der Waals surface area contributed by atoms with Gasteiger partial charge in [-0.3, -0.25) is 5.01 Å². The van der Waals surface area contributed by atoms with E-state index in [-0.39, 0.29) is 5.82 Å². The van der Waals surface area contributed by atoms with Gasteiger partial charge < -0.3 is 5.73 Å². The van der Waals surface area contributed by atoms with Gasteiger partial charge in [0.1, 0.15) is 5.82 Å². The van der Waals surface area contributed by atoms with Gasteiger partial charge in [0.25, 0.3) is 0 Å². The molecule has 1 aromatic rings. The zero-order chi connectivity index (χ0) is 10.2. The lowest BCUT2D eigenvalue weighted by Gasteiger charge is -2.22. The number of anilines is 1. The number of alkyl halides is 1. The summed E-state index contributed by atoms with van der Waals surface area (Å²) in [6.45, 7) is 0. The third-order valence-electron chi connectivity index (χ3n) is 1.87. The molecule has 1 atom stereocenters. The van der Waals surface area contributed by atoms with Crippen molar-refractivity contribution in [3.63, 3.8) is 0 Å². The first-order valence-electron chi connectivity index (χ1n) is 4.07. The Morgan fingerprint density at radius 1 is 1.43 bits per heavy atom.